The van der Waals surface area contributed by atoms with E-state index in [1.807, 2.05) is 31.2 Å². The number of hydrogen-bond acceptors (Lipinski definition) is 5. The van der Waals surface area contributed by atoms with Crippen LogP contribution < -0.4 is 20.1 Å². The van der Waals surface area contributed by atoms with Crippen LogP contribution in [0, 0.1) is 6.92 Å². The first-order chi connectivity index (χ1) is 12.9. The molecule has 1 aliphatic heterocycles. The minimum Gasteiger partial charge on any atom is -0.496 e. The molecule has 27 heavy (non-hydrogen) atoms. The summed E-state index contributed by atoms with van der Waals surface area (Å²) in [6.07, 6.45) is 1.80. The van der Waals surface area contributed by atoms with E-state index in [4.69, 9.17) is 21.1 Å². The summed E-state index contributed by atoms with van der Waals surface area (Å²) in [5.41, 5.74) is 2.45. The Labute approximate surface area is 175 Å². The molecule has 0 bridgehead atoms. The molecule has 0 aliphatic carbocycles. The van der Waals surface area contributed by atoms with Crippen molar-refractivity contribution < 1.29 is 14.3 Å². The second-order valence-electron chi connectivity index (χ2n) is 5.81. The summed E-state index contributed by atoms with van der Waals surface area (Å²) in [4.78, 5) is 13.0. The van der Waals surface area contributed by atoms with E-state index in [0.29, 0.717) is 21.4 Å². The van der Waals surface area contributed by atoms with Crippen LogP contribution in [0.4, 0.5) is 5.69 Å². The molecule has 8 heteroatoms. The van der Waals surface area contributed by atoms with Gasteiger partial charge in [0.05, 0.1) is 23.6 Å². The number of amides is 1. The van der Waals surface area contributed by atoms with Crippen LogP contribution in [0.3, 0.4) is 0 Å². The van der Waals surface area contributed by atoms with E-state index in [2.05, 4.69) is 26.6 Å². The van der Waals surface area contributed by atoms with Crippen molar-refractivity contribution in [3.05, 3.63) is 55.9 Å². The Morgan fingerprint density at radius 1 is 1.22 bits per heavy atom. The molecule has 0 aromatic heterocycles. The number of thioether (sulfide) groups is 1. The zero-order valence-electron chi connectivity index (χ0n) is 14.9. The van der Waals surface area contributed by atoms with Gasteiger partial charge in [-0.3, -0.25) is 4.79 Å². The lowest BCUT2D eigenvalue weighted by Gasteiger charge is -2.15. The fourth-order valence-corrected chi connectivity index (χ4v) is 4.35. The van der Waals surface area contributed by atoms with E-state index >= 15 is 0 Å². The average molecular weight is 470 g/mol. The van der Waals surface area contributed by atoms with Gasteiger partial charge in [-0.05, 0) is 58.8 Å². The molecule has 1 saturated heterocycles. The van der Waals surface area contributed by atoms with Gasteiger partial charge in [0, 0.05) is 22.3 Å². The first-order valence-corrected chi connectivity index (χ1v) is 10.1. The highest BCUT2D eigenvalue weighted by atomic mass is 79.9. The van der Waals surface area contributed by atoms with Crippen LogP contribution in [0.2, 0.25) is 5.02 Å². The lowest BCUT2D eigenvalue weighted by Crippen LogP contribution is -2.31. The van der Waals surface area contributed by atoms with Gasteiger partial charge in [0.15, 0.2) is 5.50 Å². The van der Waals surface area contributed by atoms with Crippen LogP contribution in [-0.4, -0.2) is 25.6 Å². The molecule has 0 saturated carbocycles. The number of aryl methyl sites for hydroxylation is 1. The van der Waals surface area contributed by atoms with Crippen molar-refractivity contribution in [2.45, 2.75) is 12.4 Å². The average Bonchev–Trinajstić information content (AvgIpc) is 2.97. The molecule has 5 nitrogen and oxygen atoms in total. The van der Waals surface area contributed by atoms with Crippen molar-refractivity contribution >= 4 is 57.0 Å². The molecule has 2 aromatic rings. The standard InChI is InChI=1S/C19H18BrClN2O3S/c1-10-6-12(21)4-5-14(10)22-19-23-18(24)17(27-19)8-11-7-13(20)16(26-3)9-15(11)25-2/h4-9,19,22H,1-3H3,(H,23,24)/b17-8-. The van der Waals surface area contributed by atoms with Crippen LogP contribution in [-0.2, 0) is 4.79 Å². The van der Waals surface area contributed by atoms with Crippen LogP contribution in [0.15, 0.2) is 39.7 Å². The van der Waals surface area contributed by atoms with Gasteiger partial charge in [-0.25, -0.2) is 0 Å². The molecule has 2 aromatic carbocycles. The highest BCUT2D eigenvalue weighted by molar-refractivity contribution is 9.10. The lowest BCUT2D eigenvalue weighted by molar-refractivity contribution is -0.116. The number of benzene rings is 2. The Hall–Kier alpha value is -1.83. The molecule has 1 atom stereocenters. The highest BCUT2D eigenvalue weighted by Crippen LogP contribution is 2.37. The van der Waals surface area contributed by atoms with Gasteiger partial charge in [0.25, 0.3) is 5.91 Å². The molecule has 142 valence electrons. The smallest absolute Gasteiger partial charge is 0.260 e. The Morgan fingerprint density at radius 2 is 1.96 bits per heavy atom. The fraction of sp³-hybridized carbons (Fsp3) is 0.211. The predicted molar refractivity (Wildman–Crippen MR) is 115 cm³/mol. The molecular weight excluding hydrogens is 452 g/mol. The van der Waals surface area contributed by atoms with Crippen LogP contribution in [0.1, 0.15) is 11.1 Å². The van der Waals surface area contributed by atoms with Crippen molar-refractivity contribution in [3.8, 4) is 11.5 Å². The molecule has 1 amide bonds. The summed E-state index contributed by atoms with van der Waals surface area (Å²) in [7, 11) is 3.17. The molecule has 1 heterocycles. The number of nitrogens with one attached hydrogen (secondary N) is 2. The number of carbonyl (C=O) groups is 1. The Balaban J connectivity index is 1.82. The van der Waals surface area contributed by atoms with Crippen molar-refractivity contribution in [1.82, 2.24) is 5.32 Å². The third-order valence-corrected chi connectivity index (χ3v) is 5.88. The van der Waals surface area contributed by atoms with Crippen molar-refractivity contribution in [2.75, 3.05) is 19.5 Å². The summed E-state index contributed by atoms with van der Waals surface area (Å²) >= 11 is 10.9. The summed E-state index contributed by atoms with van der Waals surface area (Å²) in [5, 5.41) is 6.91. The predicted octanol–water partition coefficient (Wildman–Crippen LogP) is 5.03. The van der Waals surface area contributed by atoms with E-state index in [1.54, 1.807) is 26.4 Å². The summed E-state index contributed by atoms with van der Waals surface area (Å²) in [6.45, 7) is 1.96. The van der Waals surface area contributed by atoms with E-state index in [0.717, 1.165) is 21.3 Å². The SMILES string of the molecule is COc1cc(OC)c(/C=C2\SC(Nc3ccc(Cl)cc3C)NC2=O)cc1Br. The van der Waals surface area contributed by atoms with Gasteiger partial charge in [-0.15, -0.1) is 0 Å². The maximum atomic E-state index is 12.4. The maximum absolute atomic E-state index is 12.4. The third kappa shape index (κ3) is 4.54. The number of methoxy groups -OCH3 is 2. The van der Waals surface area contributed by atoms with Crippen LogP contribution >= 0.6 is 39.3 Å². The second-order valence-corrected chi connectivity index (χ2v) is 8.25. The van der Waals surface area contributed by atoms with Crippen LogP contribution in [0.25, 0.3) is 6.08 Å². The first kappa shape index (κ1) is 19.9. The topological polar surface area (TPSA) is 59.6 Å². The van der Waals surface area contributed by atoms with Crippen LogP contribution in [0.5, 0.6) is 11.5 Å². The summed E-state index contributed by atoms with van der Waals surface area (Å²) < 4.78 is 11.5. The maximum Gasteiger partial charge on any atom is 0.260 e. The van der Waals surface area contributed by atoms with E-state index in [1.165, 1.54) is 11.8 Å². The van der Waals surface area contributed by atoms with Gasteiger partial charge in [0.2, 0.25) is 0 Å². The minimum absolute atomic E-state index is 0.141. The second kappa shape index (κ2) is 8.46. The van der Waals surface area contributed by atoms with Gasteiger partial charge in [-0.1, -0.05) is 23.4 Å². The van der Waals surface area contributed by atoms with Crippen molar-refractivity contribution in [1.29, 1.82) is 0 Å². The molecule has 0 spiro atoms. The fourth-order valence-electron chi connectivity index (χ4n) is 2.63. The zero-order valence-corrected chi connectivity index (χ0v) is 18.1. The number of ether oxygens (including phenoxy) is 2. The van der Waals surface area contributed by atoms with Gasteiger partial charge < -0.3 is 20.1 Å². The summed E-state index contributed by atoms with van der Waals surface area (Å²) in [6, 6.07) is 9.23. The number of hydrogen-bond donors (Lipinski definition) is 2. The monoisotopic (exact) mass is 468 g/mol. The van der Waals surface area contributed by atoms with E-state index in [9.17, 15) is 4.79 Å². The van der Waals surface area contributed by atoms with Crippen molar-refractivity contribution in [3.63, 3.8) is 0 Å². The zero-order chi connectivity index (χ0) is 19.6. The Morgan fingerprint density at radius 3 is 2.63 bits per heavy atom. The summed E-state index contributed by atoms with van der Waals surface area (Å²) in [5.74, 6) is 1.15. The molecule has 0 radical (unpaired) electrons. The molecule has 3 rings (SSSR count). The third-order valence-electron chi connectivity index (χ3n) is 4.00. The molecular formula is C19H18BrClN2O3S. The molecule has 1 aliphatic rings. The normalized spacial score (nSPS) is 17.7. The van der Waals surface area contributed by atoms with Crippen molar-refractivity contribution in [2.24, 2.45) is 0 Å². The van der Waals surface area contributed by atoms with E-state index in [-0.39, 0.29) is 11.4 Å². The Kier molecular flexibility index (Phi) is 6.24. The first-order valence-electron chi connectivity index (χ1n) is 8.04. The Bertz CT molecular complexity index is 920. The van der Waals surface area contributed by atoms with Gasteiger partial charge >= 0.3 is 0 Å². The number of halogens is 2. The largest absolute Gasteiger partial charge is 0.496 e. The van der Waals surface area contributed by atoms with Gasteiger partial charge in [-0.2, -0.15) is 0 Å². The quantitative estimate of drug-likeness (QED) is 0.602. The van der Waals surface area contributed by atoms with Gasteiger partial charge in [0.1, 0.15) is 11.5 Å². The number of carbonyl (C=O) groups excluding carboxylic acids is 1. The van der Waals surface area contributed by atoms with E-state index < -0.39 is 0 Å². The number of anilines is 1. The minimum atomic E-state index is -0.267. The number of rotatable bonds is 5. The highest BCUT2D eigenvalue weighted by Gasteiger charge is 2.28. The molecule has 2 N–H and O–H groups in total. The lowest BCUT2D eigenvalue weighted by atomic mass is 10.1. The molecule has 1 unspecified atom stereocenters. The molecule has 1 fully saturated rings.